The lowest BCUT2D eigenvalue weighted by Gasteiger charge is -1.98. The van der Waals surface area contributed by atoms with Crippen LogP contribution in [0.1, 0.15) is 6.92 Å². The molecule has 2 heterocycles. The second kappa shape index (κ2) is 5.70. The van der Waals surface area contributed by atoms with E-state index in [1.165, 1.54) is 0 Å². The van der Waals surface area contributed by atoms with Crippen LogP contribution in [-0.2, 0) is 11.3 Å². The van der Waals surface area contributed by atoms with Crippen LogP contribution in [0.4, 0.5) is 0 Å². The Hall–Kier alpha value is -1.53. The summed E-state index contributed by atoms with van der Waals surface area (Å²) in [5.74, 6) is 0.670. The molecule has 0 aliphatic carbocycles. The number of hydrogen-bond acceptors (Lipinski definition) is 5. The van der Waals surface area contributed by atoms with Crippen molar-refractivity contribution in [2.75, 3.05) is 13.7 Å². The Morgan fingerprint density at radius 3 is 3.18 bits per heavy atom. The third kappa shape index (κ3) is 3.21. The molecule has 0 N–H and O–H groups in total. The van der Waals surface area contributed by atoms with Crippen LogP contribution in [0.2, 0.25) is 0 Å². The Kier molecular flexibility index (Phi) is 4.00. The maximum Gasteiger partial charge on any atom is 0.205 e. The first-order valence-corrected chi connectivity index (χ1v) is 6.19. The lowest BCUT2D eigenvalue weighted by molar-refractivity contribution is 0.225. The summed E-state index contributed by atoms with van der Waals surface area (Å²) in [5.41, 5.74) is 2.17. The van der Waals surface area contributed by atoms with E-state index in [1.807, 2.05) is 29.8 Å². The van der Waals surface area contributed by atoms with Gasteiger partial charge < -0.3 is 4.74 Å². The third-order valence-corrected chi connectivity index (χ3v) is 2.89. The molecule has 0 saturated carbocycles. The number of thiophene rings is 1. The maximum atomic E-state index is 5.02. The highest BCUT2D eigenvalue weighted by molar-refractivity contribution is 7.08. The average Bonchev–Trinajstić information content (AvgIpc) is 2.97. The molecular formula is C11H14N4OS. The first-order chi connectivity index (χ1) is 8.29. The molecule has 0 aliphatic rings. The predicted octanol–water partition coefficient (Wildman–Crippen LogP) is 1.99. The zero-order valence-corrected chi connectivity index (χ0v) is 10.6. The minimum Gasteiger partial charge on any atom is -0.380 e. The second-order valence-electron chi connectivity index (χ2n) is 3.66. The Bertz CT molecular complexity index is 489. The van der Waals surface area contributed by atoms with Crippen molar-refractivity contribution in [2.45, 2.75) is 13.5 Å². The van der Waals surface area contributed by atoms with Gasteiger partial charge in [0.25, 0.3) is 0 Å². The fourth-order valence-corrected chi connectivity index (χ4v) is 1.99. The van der Waals surface area contributed by atoms with Crippen LogP contribution in [0.3, 0.4) is 0 Å². The molecule has 0 radical (unpaired) electrons. The van der Waals surface area contributed by atoms with Crippen LogP contribution < -0.4 is 0 Å². The summed E-state index contributed by atoms with van der Waals surface area (Å²) >= 11 is 1.62. The lowest BCUT2D eigenvalue weighted by atomic mass is 10.3. The number of nitrogens with zero attached hydrogens (tertiary/aromatic N) is 4. The van der Waals surface area contributed by atoms with Crippen LogP contribution >= 0.6 is 11.3 Å². The molecule has 17 heavy (non-hydrogen) atoms. The highest BCUT2D eigenvalue weighted by atomic mass is 32.1. The largest absolute Gasteiger partial charge is 0.380 e. The number of ether oxygens (including phenoxy) is 1. The van der Waals surface area contributed by atoms with E-state index in [0.29, 0.717) is 19.0 Å². The molecule has 6 heteroatoms. The molecule has 2 rings (SSSR count). The summed E-state index contributed by atoms with van der Waals surface area (Å²) in [7, 11) is 1.68. The van der Waals surface area contributed by atoms with Gasteiger partial charge in [0.15, 0.2) is 0 Å². The number of aromatic nitrogens is 4. The number of allylic oxidation sites excluding steroid dienone is 1. The quantitative estimate of drug-likeness (QED) is 0.762. The standard InChI is InChI=1S/C11H14N4OS/c1-9(7-16-2)3-5-15-13-11(12-14-15)10-4-6-17-8-10/h3-4,6,8H,5,7H2,1-2H3/b9-3+. The molecule has 0 aliphatic heterocycles. The van der Waals surface area contributed by atoms with Crippen LogP contribution in [-0.4, -0.2) is 33.9 Å². The summed E-state index contributed by atoms with van der Waals surface area (Å²) in [4.78, 5) is 1.58. The van der Waals surface area contributed by atoms with E-state index in [1.54, 1.807) is 23.2 Å². The van der Waals surface area contributed by atoms with Crippen molar-refractivity contribution in [1.82, 2.24) is 20.2 Å². The molecule has 0 aromatic carbocycles. The van der Waals surface area contributed by atoms with Gasteiger partial charge in [0, 0.05) is 18.1 Å². The van der Waals surface area contributed by atoms with Crippen LogP contribution in [0.5, 0.6) is 0 Å². The Morgan fingerprint density at radius 2 is 2.47 bits per heavy atom. The monoisotopic (exact) mass is 250 g/mol. The van der Waals surface area contributed by atoms with Gasteiger partial charge in [-0.2, -0.15) is 16.1 Å². The van der Waals surface area contributed by atoms with Crippen LogP contribution in [0.15, 0.2) is 28.5 Å². The zero-order chi connectivity index (χ0) is 12.1. The van der Waals surface area contributed by atoms with Gasteiger partial charge in [-0.05, 0) is 29.2 Å². The van der Waals surface area contributed by atoms with E-state index in [4.69, 9.17) is 4.74 Å². The summed E-state index contributed by atoms with van der Waals surface area (Å²) in [5, 5.41) is 16.3. The fourth-order valence-electron chi connectivity index (χ4n) is 1.35. The van der Waals surface area contributed by atoms with E-state index >= 15 is 0 Å². The summed E-state index contributed by atoms with van der Waals surface area (Å²) in [6.07, 6.45) is 2.03. The molecule has 90 valence electrons. The van der Waals surface area contributed by atoms with Gasteiger partial charge in [-0.15, -0.1) is 10.2 Å². The molecule has 0 atom stereocenters. The highest BCUT2D eigenvalue weighted by Crippen LogP contribution is 2.16. The topological polar surface area (TPSA) is 52.8 Å². The summed E-state index contributed by atoms with van der Waals surface area (Å²) in [6.45, 7) is 3.26. The molecule has 2 aromatic heterocycles. The summed E-state index contributed by atoms with van der Waals surface area (Å²) < 4.78 is 5.02. The molecule has 0 amide bonds. The smallest absolute Gasteiger partial charge is 0.205 e. The number of hydrogen-bond donors (Lipinski definition) is 0. The fraction of sp³-hybridized carbons (Fsp3) is 0.364. The Morgan fingerprint density at radius 1 is 1.59 bits per heavy atom. The van der Waals surface area contributed by atoms with E-state index in [0.717, 1.165) is 11.1 Å². The molecule has 5 nitrogen and oxygen atoms in total. The van der Waals surface area contributed by atoms with Crippen molar-refractivity contribution in [1.29, 1.82) is 0 Å². The SMILES string of the molecule is COC/C(C)=C/Cn1nnc(-c2ccsc2)n1. The maximum absolute atomic E-state index is 5.02. The average molecular weight is 250 g/mol. The minimum atomic E-state index is 0.617. The van der Waals surface area contributed by atoms with E-state index in [-0.39, 0.29) is 0 Å². The molecule has 0 unspecified atom stereocenters. The first kappa shape index (κ1) is 11.9. The van der Waals surface area contributed by atoms with Crippen molar-refractivity contribution < 1.29 is 4.74 Å². The zero-order valence-electron chi connectivity index (χ0n) is 9.83. The van der Waals surface area contributed by atoms with Gasteiger partial charge >= 0.3 is 0 Å². The third-order valence-electron chi connectivity index (χ3n) is 2.21. The van der Waals surface area contributed by atoms with Crippen molar-refractivity contribution in [3.05, 3.63) is 28.5 Å². The molecule has 0 saturated heterocycles. The van der Waals surface area contributed by atoms with Crippen molar-refractivity contribution in [3.8, 4) is 11.4 Å². The lowest BCUT2D eigenvalue weighted by Crippen LogP contribution is -2.02. The van der Waals surface area contributed by atoms with Gasteiger partial charge in [0.05, 0.1) is 13.2 Å². The van der Waals surface area contributed by atoms with Crippen molar-refractivity contribution in [2.24, 2.45) is 0 Å². The summed E-state index contributed by atoms with van der Waals surface area (Å²) in [6, 6.07) is 1.98. The minimum absolute atomic E-state index is 0.617. The van der Waals surface area contributed by atoms with Gasteiger partial charge in [0.1, 0.15) is 0 Å². The normalized spacial score (nSPS) is 12.0. The number of tetrazole rings is 1. The van der Waals surface area contributed by atoms with Crippen LogP contribution in [0.25, 0.3) is 11.4 Å². The van der Waals surface area contributed by atoms with Crippen molar-refractivity contribution in [3.63, 3.8) is 0 Å². The molecule has 0 fully saturated rings. The molecule has 0 bridgehead atoms. The highest BCUT2D eigenvalue weighted by Gasteiger charge is 2.04. The second-order valence-corrected chi connectivity index (χ2v) is 4.44. The van der Waals surface area contributed by atoms with Crippen molar-refractivity contribution >= 4 is 11.3 Å². The Labute approximate surface area is 104 Å². The van der Waals surface area contributed by atoms with E-state index in [2.05, 4.69) is 15.4 Å². The Balaban J connectivity index is 2.02. The van der Waals surface area contributed by atoms with E-state index in [9.17, 15) is 0 Å². The predicted molar refractivity (Wildman–Crippen MR) is 66.8 cm³/mol. The van der Waals surface area contributed by atoms with Gasteiger partial charge in [-0.3, -0.25) is 0 Å². The molecule has 2 aromatic rings. The van der Waals surface area contributed by atoms with E-state index < -0.39 is 0 Å². The van der Waals surface area contributed by atoms with Gasteiger partial charge in [-0.25, -0.2) is 0 Å². The first-order valence-electron chi connectivity index (χ1n) is 5.24. The van der Waals surface area contributed by atoms with Crippen LogP contribution in [0, 0.1) is 0 Å². The van der Waals surface area contributed by atoms with Gasteiger partial charge in [-0.1, -0.05) is 6.08 Å². The van der Waals surface area contributed by atoms with Gasteiger partial charge in [0.2, 0.25) is 5.82 Å². The molecule has 0 spiro atoms. The number of methoxy groups -OCH3 is 1. The number of rotatable bonds is 5. The molecular weight excluding hydrogens is 236 g/mol.